The van der Waals surface area contributed by atoms with Crippen molar-refractivity contribution in [2.75, 3.05) is 7.11 Å². The van der Waals surface area contributed by atoms with Gasteiger partial charge in [-0.25, -0.2) is 8.78 Å². The van der Waals surface area contributed by atoms with Crippen LogP contribution in [0.15, 0.2) is 12.1 Å². The minimum absolute atomic E-state index is 0. The molecule has 0 aliphatic carbocycles. The van der Waals surface area contributed by atoms with Crippen LogP contribution >= 0.6 is 24.0 Å². The summed E-state index contributed by atoms with van der Waals surface area (Å²) in [6.07, 6.45) is -0.315. The Morgan fingerprint density at radius 1 is 1.53 bits per heavy atom. The summed E-state index contributed by atoms with van der Waals surface area (Å²) in [5.74, 6) is -2.43. The highest BCUT2D eigenvalue weighted by atomic mass is 35.5. The van der Waals surface area contributed by atoms with Gasteiger partial charge in [0.15, 0.2) is 0 Å². The van der Waals surface area contributed by atoms with Crippen molar-refractivity contribution in [1.82, 2.24) is 0 Å². The van der Waals surface area contributed by atoms with Crippen molar-refractivity contribution >= 4 is 30.0 Å². The zero-order valence-corrected chi connectivity index (χ0v) is 10.4. The van der Waals surface area contributed by atoms with Gasteiger partial charge < -0.3 is 10.5 Å². The second-order valence-electron chi connectivity index (χ2n) is 3.14. The summed E-state index contributed by atoms with van der Waals surface area (Å²) in [4.78, 5) is 10.9. The molecule has 0 amide bonds. The Morgan fingerprint density at radius 3 is 2.65 bits per heavy atom. The maximum Gasteiger partial charge on any atom is 0.307 e. The van der Waals surface area contributed by atoms with Crippen molar-refractivity contribution in [3.05, 3.63) is 34.4 Å². The summed E-state index contributed by atoms with van der Waals surface area (Å²) in [6, 6.07) is 0.963. The molecule has 7 heteroatoms. The maximum atomic E-state index is 13.5. The third-order valence-electron chi connectivity index (χ3n) is 2.06. The molecule has 0 heterocycles. The molecule has 1 aromatic rings. The molecular weight excluding hydrogens is 275 g/mol. The van der Waals surface area contributed by atoms with E-state index in [9.17, 15) is 13.6 Å². The van der Waals surface area contributed by atoms with Gasteiger partial charge in [0, 0.05) is 11.6 Å². The van der Waals surface area contributed by atoms with Gasteiger partial charge in [0.1, 0.15) is 11.6 Å². The Balaban J connectivity index is 0.00000256. The molecule has 17 heavy (non-hydrogen) atoms. The van der Waals surface area contributed by atoms with Crippen molar-refractivity contribution in [2.45, 2.75) is 12.5 Å². The predicted molar refractivity (Wildman–Crippen MR) is 62.2 cm³/mol. The lowest BCUT2D eigenvalue weighted by Gasteiger charge is -2.13. The molecule has 1 aromatic carbocycles. The number of esters is 1. The lowest BCUT2D eigenvalue weighted by Crippen LogP contribution is -2.19. The summed E-state index contributed by atoms with van der Waals surface area (Å²) in [6.45, 7) is 0. The maximum absolute atomic E-state index is 13.5. The first-order valence-electron chi connectivity index (χ1n) is 4.43. The molecule has 0 aliphatic rings. The van der Waals surface area contributed by atoms with Gasteiger partial charge in [0.05, 0.1) is 18.6 Å². The van der Waals surface area contributed by atoms with Crippen LogP contribution < -0.4 is 5.73 Å². The third-order valence-corrected chi connectivity index (χ3v) is 2.36. The molecule has 1 atom stereocenters. The molecule has 96 valence electrons. The molecule has 0 unspecified atom stereocenters. The van der Waals surface area contributed by atoms with E-state index < -0.39 is 29.2 Å². The highest BCUT2D eigenvalue weighted by molar-refractivity contribution is 6.30. The molecule has 0 radical (unpaired) electrons. The van der Waals surface area contributed by atoms with E-state index in [0.29, 0.717) is 0 Å². The number of carbonyl (C=O) groups is 1. The van der Waals surface area contributed by atoms with Crippen molar-refractivity contribution in [3.63, 3.8) is 0 Å². The average Bonchev–Trinajstić information content (AvgIpc) is 2.24. The van der Waals surface area contributed by atoms with Gasteiger partial charge >= 0.3 is 5.97 Å². The largest absolute Gasteiger partial charge is 0.469 e. The van der Waals surface area contributed by atoms with Crippen LogP contribution in [-0.2, 0) is 9.53 Å². The molecule has 1 rings (SSSR count). The van der Waals surface area contributed by atoms with Crippen molar-refractivity contribution in [1.29, 1.82) is 0 Å². The Hall–Kier alpha value is -0.910. The normalized spacial score (nSPS) is 11.6. The van der Waals surface area contributed by atoms with Gasteiger partial charge in [-0.05, 0) is 12.1 Å². The number of ether oxygens (including phenoxy) is 1. The molecule has 0 aromatic heterocycles. The lowest BCUT2D eigenvalue weighted by atomic mass is 10.0. The zero-order chi connectivity index (χ0) is 12.3. The third kappa shape index (κ3) is 3.80. The summed E-state index contributed by atoms with van der Waals surface area (Å²) >= 11 is 5.49. The fourth-order valence-corrected chi connectivity index (χ4v) is 1.41. The smallest absolute Gasteiger partial charge is 0.307 e. The average molecular weight is 286 g/mol. The second kappa shape index (κ2) is 6.74. The molecule has 0 aliphatic heterocycles. The topological polar surface area (TPSA) is 52.3 Å². The van der Waals surface area contributed by atoms with E-state index in [1.54, 1.807) is 0 Å². The predicted octanol–water partition coefficient (Wildman–Crippen LogP) is 2.60. The molecule has 0 bridgehead atoms. The molecule has 0 spiro atoms. The SMILES string of the molecule is COC(=O)C[C@@H](N)c1c(F)ccc(Cl)c1F.Cl. The number of hydrogen-bond donors (Lipinski definition) is 1. The van der Waals surface area contributed by atoms with E-state index in [0.717, 1.165) is 12.1 Å². The van der Waals surface area contributed by atoms with Crippen molar-refractivity contribution < 1.29 is 18.3 Å². The quantitative estimate of drug-likeness (QED) is 0.686. The highest BCUT2D eigenvalue weighted by Gasteiger charge is 2.21. The Labute approximate surface area is 108 Å². The van der Waals surface area contributed by atoms with Crippen LogP contribution in [0.5, 0.6) is 0 Å². The first-order chi connectivity index (χ1) is 7.47. The van der Waals surface area contributed by atoms with Crippen LogP contribution in [0, 0.1) is 11.6 Å². The summed E-state index contributed by atoms with van der Waals surface area (Å²) in [7, 11) is 1.17. The van der Waals surface area contributed by atoms with Gasteiger partial charge in [-0.3, -0.25) is 4.79 Å². The molecular formula is C10H11Cl2F2NO2. The minimum atomic E-state index is -1.12. The standard InChI is InChI=1S/C10H10ClF2NO2.ClH/c1-16-8(15)4-7(14)9-6(12)3-2-5(11)10(9)13;/h2-3,7H,4,14H2,1H3;1H/t7-;/m1./s1. The van der Waals surface area contributed by atoms with Crippen LogP contribution in [-0.4, -0.2) is 13.1 Å². The van der Waals surface area contributed by atoms with Gasteiger partial charge in [0.2, 0.25) is 0 Å². The van der Waals surface area contributed by atoms with Crippen LogP contribution in [0.25, 0.3) is 0 Å². The Kier molecular flexibility index (Phi) is 6.37. The molecule has 3 nitrogen and oxygen atoms in total. The monoisotopic (exact) mass is 285 g/mol. The van der Waals surface area contributed by atoms with Crippen molar-refractivity contribution in [3.8, 4) is 0 Å². The fraction of sp³-hybridized carbons (Fsp3) is 0.300. The van der Waals surface area contributed by atoms with Crippen LogP contribution in [0.4, 0.5) is 8.78 Å². The first-order valence-corrected chi connectivity index (χ1v) is 4.81. The van der Waals surface area contributed by atoms with Gasteiger partial charge in [-0.2, -0.15) is 0 Å². The Morgan fingerprint density at radius 2 is 2.12 bits per heavy atom. The van der Waals surface area contributed by atoms with E-state index >= 15 is 0 Å². The number of nitrogens with two attached hydrogens (primary N) is 1. The summed E-state index contributed by atoms with van der Waals surface area (Å²) < 4.78 is 31.1. The van der Waals surface area contributed by atoms with Crippen LogP contribution in [0.1, 0.15) is 18.0 Å². The van der Waals surface area contributed by atoms with E-state index in [1.807, 2.05) is 0 Å². The number of halogens is 4. The number of carbonyl (C=O) groups excluding carboxylic acids is 1. The fourth-order valence-electron chi connectivity index (χ4n) is 1.25. The number of hydrogen-bond acceptors (Lipinski definition) is 3. The van der Waals surface area contributed by atoms with Gasteiger partial charge in [-0.15, -0.1) is 12.4 Å². The number of benzene rings is 1. The van der Waals surface area contributed by atoms with Crippen molar-refractivity contribution in [2.24, 2.45) is 5.73 Å². The van der Waals surface area contributed by atoms with Gasteiger partial charge in [-0.1, -0.05) is 11.6 Å². The number of methoxy groups -OCH3 is 1. The van der Waals surface area contributed by atoms with E-state index in [2.05, 4.69) is 4.74 Å². The molecule has 0 fully saturated rings. The second-order valence-corrected chi connectivity index (χ2v) is 3.55. The molecule has 0 saturated carbocycles. The van der Waals surface area contributed by atoms with E-state index in [-0.39, 0.29) is 23.9 Å². The molecule has 2 N–H and O–H groups in total. The summed E-state index contributed by atoms with van der Waals surface area (Å²) in [5.41, 5.74) is 5.10. The lowest BCUT2D eigenvalue weighted by molar-refractivity contribution is -0.141. The summed E-state index contributed by atoms with van der Waals surface area (Å²) in [5, 5.41) is -0.239. The molecule has 0 saturated heterocycles. The van der Waals surface area contributed by atoms with Crippen LogP contribution in [0.3, 0.4) is 0 Å². The van der Waals surface area contributed by atoms with E-state index in [1.165, 1.54) is 7.11 Å². The Bertz CT molecular complexity index is 416. The van der Waals surface area contributed by atoms with E-state index in [4.69, 9.17) is 17.3 Å². The number of rotatable bonds is 3. The minimum Gasteiger partial charge on any atom is -0.469 e. The first kappa shape index (κ1) is 16.1. The van der Waals surface area contributed by atoms with Crippen LogP contribution in [0.2, 0.25) is 5.02 Å². The highest BCUT2D eigenvalue weighted by Crippen LogP contribution is 2.26. The zero-order valence-electron chi connectivity index (χ0n) is 8.88. The van der Waals surface area contributed by atoms with Gasteiger partial charge in [0.25, 0.3) is 0 Å².